The molecule has 1 amide bonds. The Bertz CT molecular complexity index is 542. The van der Waals surface area contributed by atoms with Crippen molar-refractivity contribution in [2.75, 3.05) is 47.6 Å². The van der Waals surface area contributed by atoms with E-state index in [1.165, 1.54) is 0 Å². The van der Waals surface area contributed by atoms with Crippen LogP contribution in [0.2, 0.25) is 0 Å². The zero-order valence-electron chi connectivity index (χ0n) is 15.2. The van der Waals surface area contributed by atoms with Gasteiger partial charge in [0, 0.05) is 13.7 Å². The van der Waals surface area contributed by atoms with Gasteiger partial charge in [-0.15, -0.1) is 12.4 Å². The molecule has 7 heteroatoms. The first-order valence-corrected chi connectivity index (χ1v) is 8.34. The van der Waals surface area contributed by atoms with Crippen LogP contribution in [0.3, 0.4) is 0 Å². The number of nitrogens with one attached hydrogen (secondary N) is 2. The van der Waals surface area contributed by atoms with Crippen LogP contribution in [0.15, 0.2) is 18.2 Å². The van der Waals surface area contributed by atoms with Crippen molar-refractivity contribution in [1.82, 2.24) is 10.6 Å². The van der Waals surface area contributed by atoms with Crippen LogP contribution >= 0.6 is 12.4 Å². The lowest BCUT2D eigenvalue weighted by molar-refractivity contribution is -0.136. The smallest absolute Gasteiger partial charge is 0.228 e. The van der Waals surface area contributed by atoms with Crippen molar-refractivity contribution >= 4 is 18.3 Å². The number of amides is 1. The Morgan fingerprint density at radius 3 is 2.44 bits per heavy atom. The third-order valence-electron chi connectivity index (χ3n) is 4.61. The van der Waals surface area contributed by atoms with Crippen LogP contribution in [0.25, 0.3) is 0 Å². The second kappa shape index (κ2) is 10.5. The zero-order valence-corrected chi connectivity index (χ0v) is 16.0. The molecule has 0 spiro atoms. The first-order chi connectivity index (χ1) is 11.6. The summed E-state index contributed by atoms with van der Waals surface area (Å²) in [4.78, 5) is 12.7. The number of carbonyl (C=O) groups is 1. The highest BCUT2D eigenvalue weighted by Crippen LogP contribution is 2.30. The van der Waals surface area contributed by atoms with Crippen LogP contribution in [-0.2, 0) is 16.0 Å². The van der Waals surface area contributed by atoms with Crippen LogP contribution < -0.4 is 20.1 Å². The number of ether oxygens (including phenoxy) is 3. The Balaban J connectivity index is 0.00000312. The number of methoxy groups -OCH3 is 3. The predicted octanol–water partition coefficient (Wildman–Crippen LogP) is 1.80. The van der Waals surface area contributed by atoms with Crippen molar-refractivity contribution in [2.45, 2.75) is 19.3 Å². The van der Waals surface area contributed by atoms with Crippen molar-refractivity contribution in [3.8, 4) is 11.5 Å². The van der Waals surface area contributed by atoms with Gasteiger partial charge < -0.3 is 24.8 Å². The van der Waals surface area contributed by atoms with Crippen molar-refractivity contribution in [2.24, 2.45) is 5.41 Å². The highest BCUT2D eigenvalue weighted by atomic mass is 35.5. The van der Waals surface area contributed by atoms with Crippen LogP contribution in [0.4, 0.5) is 0 Å². The van der Waals surface area contributed by atoms with E-state index in [9.17, 15) is 4.79 Å². The van der Waals surface area contributed by atoms with Gasteiger partial charge in [-0.1, -0.05) is 6.07 Å². The van der Waals surface area contributed by atoms with E-state index in [0.717, 1.165) is 37.9 Å². The molecule has 0 aromatic heterocycles. The fourth-order valence-electron chi connectivity index (χ4n) is 3.16. The van der Waals surface area contributed by atoms with Gasteiger partial charge in [0.1, 0.15) is 0 Å². The van der Waals surface area contributed by atoms with Gasteiger partial charge in [-0.3, -0.25) is 4.79 Å². The third-order valence-corrected chi connectivity index (χ3v) is 4.61. The fourth-order valence-corrected chi connectivity index (χ4v) is 3.16. The molecule has 0 atom stereocenters. The van der Waals surface area contributed by atoms with Crippen LogP contribution in [0, 0.1) is 5.41 Å². The van der Waals surface area contributed by atoms with Crippen molar-refractivity contribution < 1.29 is 19.0 Å². The number of carbonyl (C=O) groups excluding carboxylic acids is 1. The molecule has 0 aliphatic carbocycles. The van der Waals surface area contributed by atoms with Gasteiger partial charge >= 0.3 is 0 Å². The molecule has 1 aromatic rings. The maximum atomic E-state index is 12.7. The van der Waals surface area contributed by atoms with E-state index in [-0.39, 0.29) is 18.3 Å². The standard InChI is InChI=1S/C18H28N2O4.ClH/c1-22-13-18(7-10-19-11-8-18)17(21)20-9-6-14-4-5-15(23-2)16(12-14)24-3;/h4-5,12,19H,6-11,13H2,1-3H3,(H,20,21);1H. The van der Waals surface area contributed by atoms with Gasteiger partial charge in [-0.25, -0.2) is 0 Å². The lowest BCUT2D eigenvalue weighted by atomic mass is 9.78. The molecule has 0 saturated carbocycles. The minimum atomic E-state index is -0.405. The first-order valence-electron chi connectivity index (χ1n) is 8.34. The van der Waals surface area contributed by atoms with E-state index >= 15 is 0 Å². The van der Waals surface area contributed by atoms with Crippen LogP contribution in [0.1, 0.15) is 18.4 Å². The number of rotatable bonds is 8. The number of piperidine rings is 1. The van der Waals surface area contributed by atoms with Gasteiger partial charge in [-0.2, -0.15) is 0 Å². The van der Waals surface area contributed by atoms with Gasteiger partial charge in [0.15, 0.2) is 11.5 Å². The summed E-state index contributed by atoms with van der Waals surface area (Å²) in [7, 11) is 4.89. The highest BCUT2D eigenvalue weighted by molar-refractivity contribution is 5.85. The maximum Gasteiger partial charge on any atom is 0.228 e. The predicted molar refractivity (Wildman–Crippen MR) is 99.9 cm³/mol. The second-order valence-corrected chi connectivity index (χ2v) is 6.16. The molecule has 6 nitrogen and oxygen atoms in total. The lowest BCUT2D eigenvalue weighted by Crippen LogP contribution is -2.50. The van der Waals surface area contributed by atoms with E-state index in [1.54, 1.807) is 21.3 Å². The maximum absolute atomic E-state index is 12.7. The van der Waals surface area contributed by atoms with Gasteiger partial charge in [0.2, 0.25) is 5.91 Å². The van der Waals surface area contributed by atoms with Crippen molar-refractivity contribution in [3.63, 3.8) is 0 Å². The molecule has 2 N–H and O–H groups in total. The quantitative estimate of drug-likeness (QED) is 0.728. The molecule has 142 valence electrons. The molecule has 0 bridgehead atoms. The second-order valence-electron chi connectivity index (χ2n) is 6.16. The van der Waals surface area contributed by atoms with E-state index < -0.39 is 5.41 Å². The normalized spacial score (nSPS) is 15.8. The third kappa shape index (κ3) is 5.49. The Morgan fingerprint density at radius 2 is 1.84 bits per heavy atom. The number of benzene rings is 1. The molecule has 0 unspecified atom stereocenters. The summed E-state index contributed by atoms with van der Waals surface area (Å²) in [5, 5.41) is 6.37. The summed E-state index contributed by atoms with van der Waals surface area (Å²) in [6.45, 7) is 2.77. The number of hydrogen-bond donors (Lipinski definition) is 2. The van der Waals surface area contributed by atoms with Gasteiger partial charge in [0.05, 0.1) is 26.2 Å². The van der Waals surface area contributed by atoms with E-state index in [1.807, 2.05) is 18.2 Å². The Hall–Kier alpha value is -1.50. The molecule has 25 heavy (non-hydrogen) atoms. The highest BCUT2D eigenvalue weighted by Gasteiger charge is 2.39. The first kappa shape index (κ1) is 21.5. The molecule has 1 saturated heterocycles. The topological polar surface area (TPSA) is 68.8 Å². The lowest BCUT2D eigenvalue weighted by Gasteiger charge is -2.35. The number of halogens is 1. The summed E-state index contributed by atoms with van der Waals surface area (Å²) >= 11 is 0. The molecular formula is C18H29ClN2O4. The monoisotopic (exact) mass is 372 g/mol. The summed E-state index contributed by atoms with van der Waals surface area (Å²) < 4.78 is 15.9. The minimum absolute atomic E-state index is 0. The zero-order chi connectivity index (χ0) is 17.4. The summed E-state index contributed by atoms with van der Waals surface area (Å²) in [5.74, 6) is 1.50. The summed E-state index contributed by atoms with van der Waals surface area (Å²) in [5.41, 5.74) is 0.691. The average Bonchev–Trinajstić information content (AvgIpc) is 2.62. The van der Waals surface area contributed by atoms with Crippen LogP contribution in [0.5, 0.6) is 11.5 Å². The summed E-state index contributed by atoms with van der Waals surface area (Å²) in [6.07, 6.45) is 2.36. The molecule has 2 rings (SSSR count). The van der Waals surface area contributed by atoms with Gasteiger partial charge in [0.25, 0.3) is 0 Å². The molecule has 1 heterocycles. The fraction of sp³-hybridized carbons (Fsp3) is 0.611. The SMILES string of the molecule is COCC1(C(=O)NCCc2ccc(OC)c(OC)c2)CCNCC1.Cl. The molecule has 1 fully saturated rings. The van der Waals surface area contributed by atoms with E-state index in [4.69, 9.17) is 14.2 Å². The van der Waals surface area contributed by atoms with Gasteiger partial charge in [-0.05, 0) is 50.0 Å². The molecule has 1 aliphatic heterocycles. The Morgan fingerprint density at radius 1 is 1.16 bits per heavy atom. The largest absolute Gasteiger partial charge is 0.493 e. The van der Waals surface area contributed by atoms with E-state index in [2.05, 4.69) is 10.6 Å². The van der Waals surface area contributed by atoms with Crippen molar-refractivity contribution in [1.29, 1.82) is 0 Å². The Labute approximate surface area is 156 Å². The molecule has 0 radical (unpaired) electrons. The summed E-state index contributed by atoms with van der Waals surface area (Å²) in [6, 6.07) is 5.82. The number of hydrogen-bond acceptors (Lipinski definition) is 5. The average molecular weight is 373 g/mol. The van der Waals surface area contributed by atoms with Crippen molar-refractivity contribution in [3.05, 3.63) is 23.8 Å². The Kier molecular flexibility index (Phi) is 9.03. The van der Waals surface area contributed by atoms with Crippen LogP contribution in [-0.4, -0.2) is 53.5 Å². The molecular weight excluding hydrogens is 344 g/mol. The molecule has 1 aliphatic rings. The van der Waals surface area contributed by atoms with E-state index in [0.29, 0.717) is 24.7 Å². The molecule has 1 aromatic carbocycles. The minimum Gasteiger partial charge on any atom is -0.493 e.